The van der Waals surface area contributed by atoms with Gasteiger partial charge in [-0.1, -0.05) is 54.1 Å². The molecular formula is C30H18BrClN4O5. The highest BCUT2D eigenvalue weighted by molar-refractivity contribution is 9.10. The van der Waals surface area contributed by atoms with Gasteiger partial charge in [-0.05, 0) is 64.0 Å². The van der Waals surface area contributed by atoms with Crippen molar-refractivity contribution < 1.29 is 14.1 Å². The lowest BCUT2D eigenvalue weighted by Gasteiger charge is -2.10. The molecule has 0 saturated heterocycles. The number of nitrogens with zero attached hydrogens (tertiary/aromatic N) is 4. The summed E-state index contributed by atoms with van der Waals surface area (Å²) in [6.45, 7) is 0.151. The third-order valence-electron chi connectivity index (χ3n) is 6.24. The van der Waals surface area contributed by atoms with Crippen molar-refractivity contribution in [2.24, 2.45) is 5.10 Å². The molecule has 41 heavy (non-hydrogen) atoms. The number of aromatic nitrogens is 2. The van der Waals surface area contributed by atoms with E-state index in [-0.39, 0.29) is 23.9 Å². The molecule has 0 radical (unpaired) electrons. The van der Waals surface area contributed by atoms with Crippen LogP contribution in [0.5, 0.6) is 5.75 Å². The van der Waals surface area contributed by atoms with Crippen LogP contribution in [0.15, 0.2) is 110 Å². The van der Waals surface area contributed by atoms with Crippen molar-refractivity contribution in [2.75, 3.05) is 0 Å². The molecule has 11 heteroatoms. The molecule has 0 saturated carbocycles. The molecule has 9 nitrogen and oxygen atoms in total. The average molecular weight is 630 g/mol. The fourth-order valence-corrected chi connectivity index (χ4v) is 5.08. The van der Waals surface area contributed by atoms with Gasteiger partial charge in [0.15, 0.2) is 5.76 Å². The fourth-order valence-electron chi connectivity index (χ4n) is 4.32. The summed E-state index contributed by atoms with van der Waals surface area (Å²) < 4.78 is 13.3. The summed E-state index contributed by atoms with van der Waals surface area (Å²) in [6.07, 6.45) is 1.35. The van der Waals surface area contributed by atoms with Crippen molar-refractivity contribution in [1.29, 1.82) is 0 Å². The van der Waals surface area contributed by atoms with Gasteiger partial charge >= 0.3 is 5.69 Å². The average Bonchev–Trinajstić information content (AvgIpc) is 3.39. The summed E-state index contributed by atoms with van der Waals surface area (Å²) in [5.41, 5.74) is 1.57. The summed E-state index contributed by atoms with van der Waals surface area (Å²) in [5, 5.41) is 18.0. The van der Waals surface area contributed by atoms with Gasteiger partial charge in [-0.2, -0.15) is 9.78 Å². The Balaban J connectivity index is 1.43. The molecule has 0 aliphatic rings. The zero-order valence-electron chi connectivity index (χ0n) is 21.0. The highest BCUT2D eigenvalue weighted by Gasteiger charge is 2.21. The number of nitro benzene ring substituents is 1. The molecule has 0 fully saturated rings. The number of halogens is 2. The number of ether oxygens (including phenoxy) is 1. The molecule has 0 aliphatic heterocycles. The van der Waals surface area contributed by atoms with E-state index in [0.717, 1.165) is 15.6 Å². The van der Waals surface area contributed by atoms with E-state index in [0.29, 0.717) is 37.3 Å². The largest absolute Gasteiger partial charge is 0.481 e. The van der Waals surface area contributed by atoms with Crippen molar-refractivity contribution in [3.63, 3.8) is 0 Å². The van der Waals surface area contributed by atoms with E-state index >= 15 is 0 Å². The Hall–Kier alpha value is -4.80. The first-order valence-electron chi connectivity index (χ1n) is 12.3. The third kappa shape index (κ3) is 5.34. The number of para-hydroxylation sites is 1. The molecule has 0 unspecified atom stereocenters. The summed E-state index contributed by atoms with van der Waals surface area (Å²) >= 11 is 9.53. The van der Waals surface area contributed by atoms with E-state index in [9.17, 15) is 14.9 Å². The van der Waals surface area contributed by atoms with Crippen LogP contribution >= 0.6 is 27.5 Å². The molecule has 6 aromatic rings. The van der Waals surface area contributed by atoms with Crippen molar-refractivity contribution in [3.8, 4) is 17.3 Å². The Labute approximate surface area is 245 Å². The van der Waals surface area contributed by atoms with Crippen LogP contribution in [0.4, 0.5) is 5.69 Å². The zero-order valence-corrected chi connectivity index (χ0v) is 23.4. The van der Waals surface area contributed by atoms with Crippen LogP contribution in [-0.2, 0) is 6.61 Å². The maximum absolute atomic E-state index is 13.5. The van der Waals surface area contributed by atoms with Gasteiger partial charge in [0.2, 0.25) is 11.6 Å². The molecule has 6 rings (SSSR count). The molecule has 0 atom stereocenters. The molecule has 0 N–H and O–H groups in total. The summed E-state index contributed by atoms with van der Waals surface area (Å²) in [7, 11) is 0. The van der Waals surface area contributed by atoms with E-state index in [2.05, 4.69) is 26.0 Å². The summed E-state index contributed by atoms with van der Waals surface area (Å²) in [4.78, 5) is 29.6. The first-order chi connectivity index (χ1) is 19.9. The lowest BCUT2D eigenvalue weighted by molar-refractivity contribution is -0.386. The fraction of sp³-hybridized carbons (Fsp3) is 0.0333. The molecule has 2 aromatic heterocycles. The third-order valence-corrected chi connectivity index (χ3v) is 7.07. The molecule has 202 valence electrons. The molecule has 0 amide bonds. The highest BCUT2D eigenvalue weighted by atomic mass is 79.9. The number of nitro groups is 1. The van der Waals surface area contributed by atoms with Gasteiger partial charge in [0, 0.05) is 22.0 Å². The monoisotopic (exact) mass is 628 g/mol. The predicted octanol–water partition coefficient (Wildman–Crippen LogP) is 7.60. The van der Waals surface area contributed by atoms with Crippen LogP contribution in [0.25, 0.3) is 33.5 Å². The second kappa shape index (κ2) is 11.0. The second-order valence-corrected chi connectivity index (χ2v) is 10.3. The van der Waals surface area contributed by atoms with Crippen molar-refractivity contribution in [2.45, 2.75) is 6.61 Å². The Bertz CT molecular complexity index is 2040. The number of benzene rings is 4. The number of rotatable bonds is 7. The SMILES string of the molecule is O=c1c2ccccc2nc(-c2cc3cc(Cl)ccc3o2)n1N=Cc1cc(Br)c(OCc2ccccc2)c([N+](=O)[O-])c1. The topological polar surface area (TPSA) is 113 Å². The lowest BCUT2D eigenvalue weighted by Crippen LogP contribution is -2.20. The minimum atomic E-state index is -0.531. The Morgan fingerprint density at radius 2 is 1.83 bits per heavy atom. The molecular weight excluding hydrogens is 612 g/mol. The van der Waals surface area contributed by atoms with Gasteiger partial charge in [0.05, 0.1) is 26.5 Å². The van der Waals surface area contributed by atoms with Crippen molar-refractivity contribution in [3.05, 3.63) is 132 Å². The van der Waals surface area contributed by atoms with E-state index in [1.54, 1.807) is 54.6 Å². The van der Waals surface area contributed by atoms with Crippen LogP contribution in [-0.4, -0.2) is 20.8 Å². The molecule has 0 aliphatic carbocycles. The number of hydrogen-bond acceptors (Lipinski definition) is 7. The summed E-state index contributed by atoms with van der Waals surface area (Å²) in [5.74, 6) is 0.551. The predicted molar refractivity (Wildman–Crippen MR) is 161 cm³/mol. The smallest absolute Gasteiger partial charge is 0.312 e. The molecule has 0 spiro atoms. The zero-order chi connectivity index (χ0) is 28.5. The Morgan fingerprint density at radius 3 is 2.63 bits per heavy atom. The normalized spacial score (nSPS) is 11.5. The lowest BCUT2D eigenvalue weighted by atomic mass is 10.2. The Kier molecular flexibility index (Phi) is 7.08. The van der Waals surface area contributed by atoms with E-state index in [1.807, 2.05) is 30.3 Å². The van der Waals surface area contributed by atoms with Gasteiger partial charge in [-0.25, -0.2) is 4.98 Å². The first-order valence-corrected chi connectivity index (χ1v) is 13.4. The van der Waals surface area contributed by atoms with Crippen LogP contribution in [0.3, 0.4) is 0 Å². The summed E-state index contributed by atoms with van der Waals surface area (Å²) in [6, 6.07) is 26.1. The second-order valence-electron chi connectivity index (χ2n) is 8.99. The maximum Gasteiger partial charge on any atom is 0.312 e. The first kappa shape index (κ1) is 26.4. The van der Waals surface area contributed by atoms with Crippen LogP contribution in [0, 0.1) is 10.1 Å². The minimum absolute atomic E-state index is 0.0853. The van der Waals surface area contributed by atoms with E-state index in [1.165, 1.54) is 12.3 Å². The number of hydrogen-bond donors (Lipinski definition) is 0. The molecule has 2 heterocycles. The quantitative estimate of drug-likeness (QED) is 0.102. The van der Waals surface area contributed by atoms with Crippen LogP contribution in [0.2, 0.25) is 5.02 Å². The maximum atomic E-state index is 13.5. The van der Waals surface area contributed by atoms with E-state index in [4.69, 9.17) is 20.8 Å². The van der Waals surface area contributed by atoms with Gasteiger partial charge in [0.25, 0.3) is 5.56 Å². The number of furan rings is 1. The van der Waals surface area contributed by atoms with Gasteiger partial charge in [-0.3, -0.25) is 14.9 Å². The van der Waals surface area contributed by atoms with Gasteiger partial charge < -0.3 is 9.15 Å². The van der Waals surface area contributed by atoms with E-state index < -0.39 is 10.5 Å². The van der Waals surface area contributed by atoms with Crippen molar-refractivity contribution >= 4 is 61.3 Å². The highest BCUT2D eigenvalue weighted by Crippen LogP contribution is 2.37. The number of fused-ring (bicyclic) bond motifs is 2. The van der Waals surface area contributed by atoms with Gasteiger partial charge in [0.1, 0.15) is 12.2 Å². The Morgan fingerprint density at radius 1 is 1.05 bits per heavy atom. The van der Waals surface area contributed by atoms with Crippen LogP contribution in [0.1, 0.15) is 11.1 Å². The van der Waals surface area contributed by atoms with Crippen LogP contribution < -0.4 is 10.3 Å². The van der Waals surface area contributed by atoms with Gasteiger partial charge in [-0.15, -0.1) is 0 Å². The molecule has 4 aromatic carbocycles. The molecule has 0 bridgehead atoms. The minimum Gasteiger partial charge on any atom is -0.481 e. The standard InChI is InChI=1S/C30H18BrClN4O5/c31-23-12-19(13-25(36(38)39)28(23)40-17-18-6-2-1-3-7-18)16-33-35-29(34-24-9-5-4-8-22(24)30(35)37)27-15-20-14-21(32)10-11-26(20)41-27/h1-16H,17H2. The van der Waals surface area contributed by atoms with Crippen molar-refractivity contribution in [1.82, 2.24) is 9.66 Å².